The lowest BCUT2D eigenvalue weighted by molar-refractivity contribution is -0.252. The first-order chi connectivity index (χ1) is 21.0. The maximum absolute atomic E-state index is 12.7. The van der Waals surface area contributed by atoms with Crippen LogP contribution < -0.4 is 15.4 Å². The van der Waals surface area contributed by atoms with Crippen LogP contribution in [0, 0.1) is 0 Å². The summed E-state index contributed by atoms with van der Waals surface area (Å²) in [6.07, 6.45) is 1.79. The molecule has 1 fully saturated rings. The quantitative estimate of drug-likeness (QED) is 0.162. The Labute approximate surface area is 252 Å². The zero-order valence-electron chi connectivity index (χ0n) is 24.2. The van der Waals surface area contributed by atoms with E-state index in [2.05, 4.69) is 22.1 Å². The van der Waals surface area contributed by atoms with Gasteiger partial charge in [-0.2, -0.15) is 0 Å². The zero-order valence-corrected chi connectivity index (χ0v) is 24.2. The van der Waals surface area contributed by atoms with Crippen molar-refractivity contribution in [2.75, 3.05) is 30.8 Å². The minimum Gasteiger partial charge on any atom is -0.457 e. The molecule has 5 rings (SSSR count). The number of carbonyl (C=O) groups excluding carboxylic acids is 1. The second kappa shape index (κ2) is 14.6. The highest BCUT2D eigenvalue weighted by atomic mass is 16.7. The van der Waals surface area contributed by atoms with Crippen LogP contribution >= 0.6 is 0 Å². The van der Waals surface area contributed by atoms with E-state index in [0.29, 0.717) is 23.5 Å². The summed E-state index contributed by atoms with van der Waals surface area (Å²) in [6, 6.07) is 31.6. The van der Waals surface area contributed by atoms with Crippen molar-refractivity contribution in [3.8, 4) is 11.5 Å². The lowest BCUT2D eigenvalue weighted by atomic mass is 9.99. The molecule has 8 nitrogen and oxygen atoms in total. The van der Waals surface area contributed by atoms with Crippen molar-refractivity contribution in [1.82, 2.24) is 4.90 Å². The summed E-state index contributed by atoms with van der Waals surface area (Å²) in [5.41, 5.74) is 4.03. The number of nitrogens with one attached hydrogen (secondary N) is 2. The third-order valence-electron chi connectivity index (χ3n) is 7.10. The van der Waals surface area contributed by atoms with Crippen molar-refractivity contribution >= 4 is 17.4 Å². The van der Waals surface area contributed by atoms with Gasteiger partial charge in [-0.1, -0.05) is 60.7 Å². The molecule has 1 aliphatic rings. The average molecular weight is 580 g/mol. The van der Waals surface area contributed by atoms with E-state index in [0.717, 1.165) is 35.5 Å². The summed E-state index contributed by atoms with van der Waals surface area (Å²) >= 11 is 0. The van der Waals surface area contributed by atoms with Gasteiger partial charge in [0.15, 0.2) is 6.29 Å². The molecule has 1 heterocycles. The summed E-state index contributed by atoms with van der Waals surface area (Å²) in [6.45, 7) is 5.33. The molecule has 3 unspecified atom stereocenters. The van der Waals surface area contributed by atoms with E-state index in [9.17, 15) is 9.90 Å². The molecule has 0 aliphatic carbocycles. The molecule has 43 heavy (non-hydrogen) atoms. The summed E-state index contributed by atoms with van der Waals surface area (Å²) in [7, 11) is 2.04. The first-order valence-electron chi connectivity index (χ1n) is 14.3. The number of amides is 2. The van der Waals surface area contributed by atoms with E-state index in [-0.39, 0.29) is 24.8 Å². The van der Waals surface area contributed by atoms with Crippen LogP contribution in [0.25, 0.3) is 0 Å². The molecule has 222 valence electrons. The molecule has 4 aromatic rings. The Morgan fingerprint density at radius 3 is 2.12 bits per heavy atom. The third-order valence-corrected chi connectivity index (χ3v) is 7.10. The van der Waals surface area contributed by atoms with Gasteiger partial charge in [-0.3, -0.25) is 0 Å². The lowest BCUT2D eigenvalue weighted by Crippen LogP contribution is -2.37. The molecule has 1 saturated heterocycles. The van der Waals surface area contributed by atoms with Crippen LogP contribution in [0.5, 0.6) is 11.5 Å². The number of urea groups is 1. The number of rotatable bonds is 11. The molecule has 8 heteroatoms. The van der Waals surface area contributed by atoms with Crippen LogP contribution in [0.1, 0.15) is 35.5 Å². The lowest BCUT2D eigenvalue weighted by Gasteiger charge is -2.37. The fraction of sp³-hybridized carbons (Fsp3) is 0.229. The molecule has 2 amide bonds. The van der Waals surface area contributed by atoms with Crippen LogP contribution in [-0.4, -0.2) is 42.3 Å². The van der Waals surface area contributed by atoms with Crippen molar-refractivity contribution in [2.24, 2.45) is 0 Å². The number of hydrogen-bond acceptors (Lipinski definition) is 6. The molecule has 0 radical (unpaired) electrons. The van der Waals surface area contributed by atoms with E-state index in [1.807, 2.05) is 92.0 Å². The van der Waals surface area contributed by atoms with Gasteiger partial charge < -0.3 is 34.9 Å². The van der Waals surface area contributed by atoms with Crippen molar-refractivity contribution in [2.45, 2.75) is 31.5 Å². The standard InChI is InChI=1S/C35H37N3O5/c1-3-21-38(2)23-32-22-33(26-11-9-25(24-39)10-12-26)43-34(42-32)27-13-15-28(16-14-27)36-35(40)37-29-17-19-31(20-18-29)41-30-7-5-4-6-8-30/h3-20,32-34,39H,1,21-24H2,2H3,(H2,36,37,40). The fourth-order valence-corrected chi connectivity index (χ4v) is 4.92. The van der Waals surface area contributed by atoms with Gasteiger partial charge in [0, 0.05) is 36.4 Å². The van der Waals surface area contributed by atoms with E-state index in [1.54, 1.807) is 24.3 Å². The number of anilines is 2. The van der Waals surface area contributed by atoms with Crippen LogP contribution in [0.2, 0.25) is 0 Å². The number of aliphatic hydroxyl groups excluding tert-OH is 1. The number of ether oxygens (including phenoxy) is 3. The minimum absolute atomic E-state index is 0.000908. The number of benzene rings is 4. The number of nitrogens with zero attached hydrogens (tertiary/aromatic N) is 1. The Kier molecular flexibility index (Phi) is 10.2. The maximum Gasteiger partial charge on any atom is 0.323 e. The van der Waals surface area contributed by atoms with Gasteiger partial charge in [0.2, 0.25) is 0 Å². The van der Waals surface area contributed by atoms with Crippen LogP contribution in [0.4, 0.5) is 16.2 Å². The van der Waals surface area contributed by atoms with Gasteiger partial charge in [0.05, 0.1) is 18.8 Å². The van der Waals surface area contributed by atoms with E-state index < -0.39 is 6.29 Å². The first kappa shape index (κ1) is 30.0. The highest BCUT2D eigenvalue weighted by Gasteiger charge is 2.32. The molecule has 0 aromatic heterocycles. The van der Waals surface area contributed by atoms with Gasteiger partial charge in [-0.05, 0) is 66.7 Å². The Morgan fingerprint density at radius 1 is 0.884 bits per heavy atom. The first-order valence-corrected chi connectivity index (χ1v) is 14.3. The molecule has 0 saturated carbocycles. The molecule has 3 N–H and O–H groups in total. The maximum atomic E-state index is 12.7. The molecule has 4 aromatic carbocycles. The smallest absolute Gasteiger partial charge is 0.323 e. The summed E-state index contributed by atoms with van der Waals surface area (Å²) in [5, 5.41) is 15.1. The average Bonchev–Trinajstić information content (AvgIpc) is 3.03. The predicted molar refractivity (Wildman–Crippen MR) is 168 cm³/mol. The zero-order chi connectivity index (χ0) is 30.0. The van der Waals surface area contributed by atoms with Gasteiger partial charge in [0.1, 0.15) is 11.5 Å². The Balaban J connectivity index is 1.20. The third kappa shape index (κ3) is 8.53. The highest BCUT2D eigenvalue weighted by Crippen LogP contribution is 2.38. The predicted octanol–water partition coefficient (Wildman–Crippen LogP) is 7.28. The normalized spacial score (nSPS) is 18.2. The highest BCUT2D eigenvalue weighted by molar-refractivity contribution is 5.99. The monoisotopic (exact) mass is 579 g/mol. The summed E-state index contributed by atoms with van der Waals surface area (Å²) < 4.78 is 18.6. The molecule has 3 atom stereocenters. The van der Waals surface area contributed by atoms with Crippen LogP contribution in [0.15, 0.2) is 116 Å². The SMILES string of the molecule is C=CCN(C)CC1CC(c2ccc(CO)cc2)OC(c2ccc(NC(=O)Nc3ccc(Oc4ccccc4)cc3)cc2)O1. The number of likely N-dealkylation sites (N-methyl/N-ethyl adjacent to an activating group) is 1. The molecular weight excluding hydrogens is 542 g/mol. The van der Waals surface area contributed by atoms with Crippen molar-refractivity contribution < 1.29 is 24.1 Å². The number of aliphatic hydroxyl groups is 1. The van der Waals surface area contributed by atoms with E-state index in [4.69, 9.17) is 14.2 Å². The minimum atomic E-state index is -0.571. The number of carbonyl (C=O) groups is 1. The molecule has 0 bridgehead atoms. The van der Waals surface area contributed by atoms with Gasteiger partial charge in [0.25, 0.3) is 0 Å². The van der Waals surface area contributed by atoms with Crippen molar-refractivity contribution in [1.29, 1.82) is 0 Å². The van der Waals surface area contributed by atoms with Gasteiger partial charge in [-0.25, -0.2) is 4.79 Å². The second-order valence-corrected chi connectivity index (χ2v) is 10.5. The molecular formula is C35H37N3O5. The topological polar surface area (TPSA) is 92.3 Å². The second-order valence-electron chi connectivity index (χ2n) is 10.5. The summed E-state index contributed by atoms with van der Waals surface area (Å²) in [4.78, 5) is 14.8. The summed E-state index contributed by atoms with van der Waals surface area (Å²) in [5.74, 6) is 1.43. The molecule has 0 spiro atoms. The Hall–Kier alpha value is -4.47. The van der Waals surface area contributed by atoms with E-state index in [1.165, 1.54) is 0 Å². The van der Waals surface area contributed by atoms with Crippen molar-refractivity contribution in [3.05, 3.63) is 132 Å². The van der Waals surface area contributed by atoms with Gasteiger partial charge in [-0.15, -0.1) is 6.58 Å². The van der Waals surface area contributed by atoms with Gasteiger partial charge >= 0.3 is 6.03 Å². The molecule has 1 aliphatic heterocycles. The largest absolute Gasteiger partial charge is 0.457 e. The Morgan fingerprint density at radius 2 is 1.49 bits per heavy atom. The van der Waals surface area contributed by atoms with Crippen molar-refractivity contribution in [3.63, 3.8) is 0 Å². The fourth-order valence-electron chi connectivity index (χ4n) is 4.92. The Bertz CT molecular complexity index is 1460. The number of para-hydroxylation sites is 1. The van der Waals surface area contributed by atoms with Crippen LogP contribution in [0.3, 0.4) is 0 Å². The van der Waals surface area contributed by atoms with Crippen LogP contribution in [-0.2, 0) is 16.1 Å². The van der Waals surface area contributed by atoms with E-state index >= 15 is 0 Å². The number of hydrogen-bond donors (Lipinski definition) is 3.